The summed E-state index contributed by atoms with van der Waals surface area (Å²) in [7, 11) is 0. The molecule has 6 heteroatoms. The normalized spacial score (nSPS) is 10.1. The van der Waals surface area contributed by atoms with Crippen molar-refractivity contribution < 1.29 is 14.3 Å². The molecule has 0 aliphatic rings. The standard InChI is InChI=1S/C18H19ClN2O3/c1-3-24-17(22)14-6-8-15(9-7-14)21-18(23)20-11-13-5-4-12(2)16(19)10-13/h4-10H,3,11H2,1-2H3,(H2,20,21,23). The van der Waals surface area contributed by atoms with E-state index in [4.69, 9.17) is 16.3 Å². The second-order valence-electron chi connectivity index (χ2n) is 5.19. The number of rotatable bonds is 5. The van der Waals surface area contributed by atoms with E-state index in [2.05, 4.69) is 10.6 Å². The van der Waals surface area contributed by atoms with Gasteiger partial charge in [0, 0.05) is 17.3 Å². The van der Waals surface area contributed by atoms with Crippen molar-refractivity contribution in [1.82, 2.24) is 5.32 Å². The summed E-state index contributed by atoms with van der Waals surface area (Å²) in [5.41, 5.74) is 2.93. The zero-order chi connectivity index (χ0) is 17.5. The molecule has 2 amide bonds. The number of nitrogens with one attached hydrogen (secondary N) is 2. The van der Waals surface area contributed by atoms with E-state index in [1.54, 1.807) is 31.2 Å². The molecule has 0 saturated heterocycles. The van der Waals surface area contributed by atoms with E-state index in [9.17, 15) is 9.59 Å². The fraction of sp³-hybridized carbons (Fsp3) is 0.222. The molecule has 0 atom stereocenters. The summed E-state index contributed by atoms with van der Waals surface area (Å²) in [6.07, 6.45) is 0. The molecule has 5 nitrogen and oxygen atoms in total. The number of ether oxygens (including phenoxy) is 1. The molecule has 24 heavy (non-hydrogen) atoms. The van der Waals surface area contributed by atoms with Gasteiger partial charge in [0.15, 0.2) is 0 Å². The number of hydrogen-bond acceptors (Lipinski definition) is 3. The molecular formula is C18H19ClN2O3. The third-order valence-electron chi connectivity index (χ3n) is 3.34. The predicted octanol–water partition coefficient (Wildman–Crippen LogP) is 4.15. The fourth-order valence-corrected chi connectivity index (χ4v) is 2.21. The lowest BCUT2D eigenvalue weighted by Crippen LogP contribution is -2.28. The SMILES string of the molecule is CCOC(=O)c1ccc(NC(=O)NCc2ccc(C)c(Cl)c2)cc1. The minimum Gasteiger partial charge on any atom is -0.462 e. The maximum Gasteiger partial charge on any atom is 0.338 e. The van der Waals surface area contributed by atoms with Crippen LogP contribution in [0.1, 0.15) is 28.4 Å². The number of hydrogen-bond donors (Lipinski definition) is 2. The van der Waals surface area contributed by atoms with Crippen LogP contribution in [0.4, 0.5) is 10.5 Å². The van der Waals surface area contributed by atoms with Crippen LogP contribution in [-0.4, -0.2) is 18.6 Å². The summed E-state index contributed by atoms with van der Waals surface area (Å²) >= 11 is 6.06. The minimum atomic E-state index is -0.384. The van der Waals surface area contributed by atoms with E-state index < -0.39 is 0 Å². The summed E-state index contributed by atoms with van der Waals surface area (Å²) in [4.78, 5) is 23.5. The number of anilines is 1. The molecule has 126 valence electrons. The molecule has 0 spiro atoms. The lowest BCUT2D eigenvalue weighted by molar-refractivity contribution is 0.0526. The molecular weight excluding hydrogens is 328 g/mol. The van der Waals surface area contributed by atoms with Gasteiger partial charge in [-0.05, 0) is 55.3 Å². The molecule has 0 aromatic heterocycles. The molecule has 0 unspecified atom stereocenters. The summed E-state index contributed by atoms with van der Waals surface area (Å²) in [5, 5.41) is 6.12. The van der Waals surface area contributed by atoms with Crippen molar-refractivity contribution in [2.75, 3.05) is 11.9 Å². The first-order valence-corrected chi connectivity index (χ1v) is 7.94. The van der Waals surface area contributed by atoms with Crippen LogP contribution < -0.4 is 10.6 Å². The van der Waals surface area contributed by atoms with Gasteiger partial charge in [-0.1, -0.05) is 23.7 Å². The van der Waals surface area contributed by atoms with Crippen molar-refractivity contribution in [2.45, 2.75) is 20.4 Å². The van der Waals surface area contributed by atoms with Crippen molar-refractivity contribution in [1.29, 1.82) is 0 Å². The Morgan fingerprint density at radius 1 is 1.12 bits per heavy atom. The first-order chi connectivity index (χ1) is 11.5. The highest BCUT2D eigenvalue weighted by molar-refractivity contribution is 6.31. The van der Waals surface area contributed by atoms with Crippen LogP contribution in [0.3, 0.4) is 0 Å². The average molecular weight is 347 g/mol. The monoisotopic (exact) mass is 346 g/mol. The molecule has 2 N–H and O–H groups in total. The Bertz CT molecular complexity index is 730. The molecule has 0 bridgehead atoms. The molecule has 0 saturated carbocycles. The van der Waals surface area contributed by atoms with Crippen LogP contribution >= 0.6 is 11.6 Å². The molecule has 0 fully saturated rings. The van der Waals surface area contributed by atoms with Crippen molar-refractivity contribution in [2.24, 2.45) is 0 Å². The number of halogens is 1. The number of urea groups is 1. The van der Waals surface area contributed by atoms with Crippen LogP contribution in [0.2, 0.25) is 5.02 Å². The lowest BCUT2D eigenvalue weighted by Gasteiger charge is -2.09. The Morgan fingerprint density at radius 3 is 2.46 bits per heavy atom. The van der Waals surface area contributed by atoms with E-state index in [0.717, 1.165) is 11.1 Å². The van der Waals surface area contributed by atoms with Gasteiger partial charge >= 0.3 is 12.0 Å². The summed E-state index contributed by atoms with van der Waals surface area (Å²) in [6.45, 7) is 4.36. The van der Waals surface area contributed by atoms with Gasteiger partial charge in [-0.25, -0.2) is 9.59 Å². The van der Waals surface area contributed by atoms with Crippen LogP contribution in [-0.2, 0) is 11.3 Å². The molecule has 0 aliphatic heterocycles. The van der Waals surface area contributed by atoms with E-state index in [-0.39, 0.29) is 12.0 Å². The van der Waals surface area contributed by atoms with Crippen LogP contribution in [0.5, 0.6) is 0 Å². The predicted molar refractivity (Wildman–Crippen MR) is 94.4 cm³/mol. The Kier molecular flexibility index (Phi) is 6.21. The van der Waals surface area contributed by atoms with Gasteiger partial charge in [0.2, 0.25) is 0 Å². The van der Waals surface area contributed by atoms with Crippen LogP contribution in [0.15, 0.2) is 42.5 Å². The van der Waals surface area contributed by atoms with Crippen molar-refractivity contribution in [3.63, 3.8) is 0 Å². The lowest BCUT2D eigenvalue weighted by atomic mass is 10.1. The third kappa shape index (κ3) is 4.99. The molecule has 0 radical (unpaired) electrons. The number of carbonyl (C=O) groups excluding carboxylic acids is 2. The Labute approximate surface area is 146 Å². The third-order valence-corrected chi connectivity index (χ3v) is 3.75. The molecule has 2 aromatic rings. The van der Waals surface area contributed by atoms with E-state index in [1.807, 2.05) is 25.1 Å². The minimum absolute atomic E-state index is 0.324. The number of carbonyl (C=O) groups is 2. The van der Waals surface area contributed by atoms with Crippen molar-refractivity contribution in [3.05, 3.63) is 64.2 Å². The number of esters is 1. The van der Waals surface area contributed by atoms with Gasteiger partial charge in [-0.3, -0.25) is 0 Å². The number of aryl methyl sites for hydroxylation is 1. The largest absolute Gasteiger partial charge is 0.462 e. The topological polar surface area (TPSA) is 67.4 Å². The van der Waals surface area contributed by atoms with Gasteiger partial charge in [-0.15, -0.1) is 0 Å². The number of amides is 2. The average Bonchev–Trinajstić information content (AvgIpc) is 2.57. The maximum absolute atomic E-state index is 11.9. The van der Waals surface area contributed by atoms with Crippen molar-refractivity contribution >= 4 is 29.3 Å². The Hall–Kier alpha value is -2.53. The van der Waals surface area contributed by atoms with Gasteiger partial charge in [0.1, 0.15) is 0 Å². The molecule has 2 rings (SSSR count). The highest BCUT2D eigenvalue weighted by Crippen LogP contribution is 2.16. The van der Waals surface area contributed by atoms with E-state index in [1.165, 1.54) is 0 Å². The Morgan fingerprint density at radius 2 is 1.83 bits per heavy atom. The van der Waals surface area contributed by atoms with Gasteiger partial charge in [-0.2, -0.15) is 0 Å². The van der Waals surface area contributed by atoms with Gasteiger partial charge in [0.25, 0.3) is 0 Å². The highest BCUT2D eigenvalue weighted by atomic mass is 35.5. The highest BCUT2D eigenvalue weighted by Gasteiger charge is 2.07. The summed E-state index contributed by atoms with van der Waals surface area (Å²) in [6, 6.07) is 11.8. The quantitative estimate of drug-likeness (QED) is 0.799. The first kappa shape index (κ1) is 17.8. The van der Waals surface area contributed by atoms with Crippen LogP contribution in [0, 0.1) is 6.92 Å². The fourth-order valence-electron chi connectivity index (χ4n) is 2.01. The van der Waals surface area contributed by atoms with Gasteiger partial charge in [0.05, 0.1) is 12.2 Å². The maximum atomic E-state index is 11.9. The second-order valence-corrected chi connectivity index (χ2v) is 5.60. The van der Waals surface area contributed by atoms with E-state index in [0.29, 0.717) is 29.4 Å². The number of benzene rings is 2. The summed E-state index contributed by atoms with van der Waals surface area (Å²) in [5.74, 6) is -0.384. The second kappa shape index (κ2) is 8.36. The summed E-state index contributed by atoms with van der Waals surface area (Å²) < 4.78 is 4.91. The Balaban J connectivity index is 1.87. The zero-order valence-electron chi connectivity index (χ0n) is 13.6. The molecule has 2 aromatic carbocycles. The van der Waals surface area contributed by atoms with Gasteiger partial charge < -0.3 is 15.4 Å². The zero-order valence-corrected chi connectivity index (χ0v) is 14.3. The smallest absolute Gasteiger partial charge is 0.338 e. The first-order valence-electron chi connectivity index (χ1n) is 7.56. The van der Waals surface area contributed by atoms with Crippen molar-refractivity contribution in [3.8, 4) is 0 Å². The molecule has 0 heterocycles. The van der Waals surface area contributed by atoms with Crippen LogP contribution in [0.25, 0.3) is 0 Å². The molecule has 0 aliphatic carbocycles. The van der Waals surface area contributed by atoms with E-state index >= 15 is 0 Å².